The molecule has 2 aromatic rings. The molecule has 1 aromatic carbocycles. The summed E-state index contributed by atoms with van der Waals surface area (Å²) in [6, 6.07) is 6.01. The number of halogens is 4. The summed E-state index contributed by atoms with van der Waals surface area (Å²) in [6.07, 6.45) is 3.04. The molecule has 3 rings (SSSR count). The second-order valence-corrected chi connectivity index (χ2v) is 7.15. The van der Waals surface area contributed by atoms with Crippen LogP contribution in [0.4, 0.5) is 5.82 Å². The molecule has 1 aliphatic carbocycles. The topological polar surface area (TPSA) is 41.0 Å². The molecule has 1 aliphatic rings. The molecule has 150 valence electrons. The fourth-order valence-electron chi connectivity index (χ4n) is 3.30. The Labute approximate surface area is 183 Å². The summed E-state index contributed by atoms with van der Waals surface area (Å²) in [5.74, 6) is 0.842. The van der Waals surface area contributed by atoms with Crippen LogP contribution in [0.5, 0.6) is 0 Å². The molecule has 0 spiro atoms. The first kappa shape index (κ1) is 24.3. The molecule has 1 aromatic heterocycles. The van der Waals surface area contributed by atoms with Crippen molar-refractivity contribution in [3.8, 4) is 11.3 Å². The minimum absolute atomic E-state index is 0. The van der Waals surface area contributed by atoms with E-state index in [1.54, 1.807) is 0 Å². The highest BCUT2D eigenvalue weighted by molar-refractivity contribution is 6.42. The second kappa shape index (κ2) is 11.3. The molecule has 8 heteroatoms. The van der Waals surface area contributed by atoms with E-state index in [2.05, 4.69) is 40.3 Å². The number of nitrogens with one attached hydrogen (secondary N) is 1. The predicted molar refractivity (Wildman–Crippen MR) is 120 cm³/mol. The van der Waals surface area contributed by atoms with Crippen molar-refractivity contribution >= 4 is 53.8 Å². The van der Waals surface area contributed by atoms with Gasteiger partial charge in [0.05, 0.1) is 15.7 Å². The lowest BCUT2D eigenvalue weighted by Gasteiger charge is -2.18. The maximum absolute atomic E-state index is 6.23. The van der Waals surface area contributed by atoms with E-state index in [1.807, 2.05) is 12.1 Å². The minimum Gasteiger partial charge on any atom is -0.367 e. The zero-order valence-corrected chi connectivity index (χ0v) is 18.7. The van der Waals surface area contributed by atoms with E-state index in [9.17, 15) is 0 Å². The quantitative estimate of drug-likeness (QED) is 0.626. The van der Waals surface area contributed by atoms with E-state index in [0.29, 0.717) is 10.0 Å². The molecular weight excluding hydrogens is 426 g/mol. The molecule has 0 radical (unpaired) electrons. The fraction of sp³-hybridized carbons (Fsp3) is 0.474. The predicted octanol–water partition coefficient (Wildman–Crippen LogP) is 5.54. The molecule has 1 heterocycles. The molecule has 0 atom stereocenters. The van der Waals surface area contributed by atoms with Gasteiger partial charge in [0, 0.05) is 18.7 Å². The first-order chi connectivity index (χ1) is 12.1. The van der Waals surface area contributed by atoms with Crippen molar-refractivity contribution in [3.63, 3.8) is 0 Å². The molecule has 27 heavy (non-hydrogen) atoms. The van der Waals surface area contributed by atoms with E-state index < -0.39 is 0 Å². The SMILES string of the molecule is CCN(CC)CCNc1cc2c(nn1)-c1cc(Cl)c(Cl)cc1CCC2.Cl.Cl. The Morgan fingerprint density at radius 2 is 1.63 bits per heavy atom. The smallest absolute Gasteiger partial charge is 0.149 e. The van der Waals surface area contributed by atoms with Crippen LogP contribution in [0.2, 0.25) is 10.0 Å². The van der Waals surface area contributed by atoms with Gasteiger partial charge in [-0.15, -0.1) is 35.0 Å². The van der Waals surface area contributed by atoms with Crippen LogP contribution >= 0.6 is 48.0 Å². The van der Waals surface area contributed by atoms with Crippen molar-refractivity contribution in [1.29, 1.82) is 0 Å². The van der Waals surface area contributed by atoms with Gasteiger partial charge in [-0.3, -0.25) is 0 Å². The molecule has 0 aliphatic heterocycles. The van der Waals surface area contributed by atoms with Gasteiger partial charge in [0.2, 0.25) is 0 Å². The standard InChI is InChI=1S/C19H24Cl2N4.2ClH/c1-3-25(4-2)9-8-22-18-11-14-7-5-6-13-10-16(20)17(21)12-15(13)19(14)24-23-18;;/h10-12H,3-9H2,1-2H3,(H,22,23);2*1H. The molecule has 4 nitrogen and oxygen atoms in total. The molecule has 0 saturated carbocycles. The van der Waals surface area contributed by atoms with E-state index in [4.69, 9.17) is 23.2 Å². The molecule has 0 bridgehead atoms. The van der Waals surface area contributed by atoms with Crippen LogP contribution in [0.1, 0.15) is 31.4 Å². The first-order valence-electron chi connectivity index (χ1n) is 8.93. The Hall–Kier alpha value is -0.780. The molecule has 1 N–H and O–H groups in total. The maximum atomic E-state index is 6.23. The van der Waals surface area contributed by atoms with Gasteiger partial charge in [-0.25, -0.2) is 0 Å². The summed E-state index contributed by atoms with van der Waals surface area (Å²) in [7, 11) is 0. The summed E-state index contributed by atoms with van der Waals surface area (Å²) >= 11 is 12.4. The Morgan fingerprint density at radius 1 is 0.963 bits per heavy atom. The highest BCUT2D eigenvalue weighted by atomic mass is 35.5. The van der Waals surface area contributed by atoms with E-state index in [1.165, 1.54) is 11.1 Å². The lowest BCUT2D eigenvalue weighted by Crippen LogP contribution is -2.28. The van der Waals surface area contributed by atoms with Crippen LogP contribution in [-0.4, -0.2) is 41.3 Å². The van der Waals surface area contributed by atoms with Crippen LogP contribution in [-0.2, 0) is 12.8 Å². The van der Waals surface area contributed by atoms with Crippen LogP contribution in [0.15, 0.2) is 18.2 Å². The van der Waals surface area contributed by atoms with Gasteiger partial charge in [-0.05, 0) is 61.7 Å². The number of hydrogen-bond donors (Lipinski definition) is 1. The third-order valence-electron chi connectivity index (χ3n) is 4.79. The van der Waals surface area contributed by atoms with Crippen LogP contribution in [0, 0.1) is 0 Å². The van der Waals surface area contributed by atoms with Crippen LogP contribution in [0.25, 0.3) is 11.3 Å². The summed E-state index contributed by atoms with van der Waals surface area (Å²) in [5, 5.41) is 13.4. The number of nitrogens with zero attached hydrogens (tertiary/aromatic N) is 3. The Morgan fingerprint density at radius 3 is 2.33 bits per heavy atom. The van der Waals surface area contributed by atoms with Gasteiger partial charge in [-0.2, -0.15) is 0 Å². The number of aryl methyl sites for hydroxylation is 2. The van der Waals surface area contributed by atoms with Crippen molar-refractivity contribution in [1.82, 2.24) is 15.1 Å². The van der Waals surface area contributed by atoms with Crippen molar-refractivity contribution in [2.24, 2.45) is 0 Å². The molecular formula is C19H26Cl4N4. The minimum atomic E-state index is 0. The zero-order chi connectivity index (χ0) is 17.8. The number of fused-ring (bicyclic) bond motifs is 3. The lowest BCUT2D eigenvalue weighted by molar-refractivity contribution is 0.316. The maximum Gasteiger partial charge on any atom is 0.149 e. The lowest BCUT2D eigenvalue weighted by atomic mass is 10.0. The van der Waals surface area contributed by atoms with Gasteiger partial charge in [0.1, 0.15) is 5.82 Å². The zero-order valence-electron chi connectivity index (χ0n) is 15.6. The van der Waals surface area contributed by atoms with Crippen molar-refractivity contribution in [2.45, 2.75) is 33.1 Å². The van der Waals surface area contributed by atoms with Crippen molar-refractivity contribution in [2.75, 3.05) is 31.5 Å². The monoisotopic (exact) mass is 450 g/mol. The van der Waals surface area contributed by atoms with Gasteiger partial charge in [0.25, 0.3) is 0 Å². The summed E-state index contributed by atoms with van der Waals surface area (Å²) < 4.78 is 0. The number of benzene rings is 1. The second-order valence-electron chi connectivity index (χ2n) is 6.33. The fourth-order valence-corrected chi connectivity index (χ4v) is 3.65. The number of hydrogen-bond acceptors (Lipinski definition) is 4. The highest BCUT2D eigenvalue weighted by Gasteiger charge is 2.19. The first-order valence-corrected chi connectivity index (χ1v) is 9.69. The van der Waals surface area contributed by atoms with Gasteiger partial charge in [0.15, 0.2) is 0 Å². The number of aromatic nitrogens is 2. The molecule has 0 fully saturated rings. The van der Waals surface area contributed by atoms with E-state index in [0.717, 1.165) is 62.5 Å². The van der Waals surface area contributed by atoms with E-state index >= 15 is 0 Å². The largest absolute Gasteiger partial charge is 0.367 e. The van der Waals surface area contributed by atoms with Crippen LogP contribution < -0.4 is 5.32 Å². The average molecular weight is 452 g/mol. The Kier molecular flexibility index (Phi) is 10.1. The normalized spacial score (nSPS) is 12.3. The molecule has 0 saturated heterocycles. The highest BCUT2D eigenvalue weighted by Crippen LogP contribution is 2.36. The van der Waals surface area contributed by atoms with Gasteiger partial charge < -0.3 is 10.2 Å². The Balaban J connectivity index is 0.00000182. The van der Waals surface area contributed by atoms with E-state index in [-0.39, 0.29) is 24.8 Å². The number of rotatable bonds is 6. The summed E-state index contributed by atoms with van der Waals surface area (Å²) in [4.78, 5) is 2.38. The van der Waals surface area contributed by atoms with Gasteiger partial charge in [-0.1, -0.05) is 37.0 Å². The Bertz CT molecular complexity index is 751. The number of likely N-dealkylation sites (N-methyl/N-ethyl adjacent to an activating group) is 1. The van der Waals surface area contributed by atoms with Crippen LogP contribution in [0.3, 0.4) is 0 Å². The van der Waals surface area contributed by atoms with Crippen molar-refractivity contribution < 1.29 is 0 Å². The third kappa shape index (κ3) is 5.85. The summed E-state index contributed by atoms with van der Waals surface area (Å²) in [5.41, 5.74) is 4.41. The summed E-state index contributed by atoms with van der Waals surface area (Å²) in [6.45, 7) is 8.36. The average Bonchev–Trinajstić information content (AvgIpc) is 2.78. The van der Waals surface area contributed by atoms with Crippen molar-refractivity contribution in [3.05, 3.63) is 39.4 Å². The number of anilines is 1. The molecule has 0 amide bonds. The third-order valence-corrected chi connectivity index (χ3v) is 5.52. The molecule has 0 unspecified atom stereocenters. The van der Waals surface area contributed by atoms with Gasteiger partial charge >= 0.3 is 0 Å².